The topological polar surface area (TPSA) is 101 Å². The molecule has 0 aliphatic carbocycles. The highest BCUT2D eigenvalue weighted by atomic mass is 35.5. The van der Waals surface area contributed by atoms with Gasteiger partial charge in [0.05, 0.1) is 10.8 Å². The summed E-state index contributed by atoms with van der Waals surface area (Å²) in [6.07, 6.45) is 2.29. The number of aromatic nitrogens is 5. The van der Waals surface area contributed by atoms with Crippen LogP contribution in [0.3, 0.4) is 0 Å². The normalized spacial score (nSPS) is 12.1. The predicted octanol–water partition coefficient (Wildman–Crippen LogP) is 4.25. The largest absolute Gasteiger partial charge is 0.483 e. The van der Waals surface area contributed by atoms with E-state index < -0.39 is 4.92 Å². The van der Waals surface area contributed by atoms with Crippen molar-refractivity contribution in [2.75, 3.05) is 0 Å². The van der Waals surface area contributed by atoms with Crippen LogP contribution in [0.1, 0.15) is 31.3 Å². The highest BCUT2D eigenvalue weighted by molar-refractivity contribution is 7.98. The molecule has 148 valence electrons. The molecule has 3 rings (SSSR count). The van der Waals surface area contributed by atoms with Crippen molar-refractivity contribution in [3.05, 3.63) is 57.1 Å². The van der Waals surface area contributed by atoms with Gasteiger partial charge in [-0.15, -0.1) is 10.2 Å². The maximum atomic E-state index is 10.8. The smallest absolute Gasteiger partial charge is 0.307 e. The summed E-state index contributed by atoms with van der Waals surface area (Å²) < 4.78 is 9.45. The lowest BCUT2D eigenvalue weighted by molar-refractivity contribution is -0.385. The van der Waals surface area contributed by atoms with Crippen molar-refractivity contribution in [3.63, 3.8) is 0 Å². The second kappa shape index (κ2) is 8.61. The van der Waals surface area contributed by atoms with Crippen LogP contribution < -0.4 is 4.74 Å². The molecular formula is C17H19ClN6O3S. The van der Waals surface area contributed by atoms with E-state index in [0.29, 0.717) is 34.2 Å². The standard InChI is InChI=1S/C17H19ClN6O3S/c1-4-23-16(12(3)27-14-5-6-15(18)11(2)7-14)20-21-17(23)28-10-22-9-13(8-19-22)24(25)26/h5-9,12H,4,10H2,1-3H3. The number of hydrogen-bond donors (Lipinski definition) is 0. The molecule has 0 saturated carbocycles. The fourth-order valence-corrected chi connectivity index (χ4v) is 3.58. The van der Waals surface area contributed by atoms with E-state index in [-0.39, 0.29) is 11.8 Å². The van der Waals surface area contributed by atoms with Gasteiger partial charge < -0.3 is 9.30 Å². The fourth-order valence-electron chi connectivity index (χ4n) is 2.59. The molecule has 3 aromatic rings. The summed E-state index contributed by atoms with van der Waals surface area (Å²) in [6.45, 7) is 6.49. The number of halogens is 1. The molecule has 2 aromatic heterocycles. The Bertz CT molecular complexity index is 989. The van der Waals surface area contributed by atoms with Crippen molar-refractivity contribution in [2.24, 2.45) is 0 Å². The lowest BCUT2D eigenvalue weighted by Gasteiger charge is -2.16. The Morgan fingerprint density at radius 3 is 2.82 bits per heavy atom. The molecule has 0 radical (unpaired) electrons. The molecule has 0 bridgehead atoms. The number of nitro groups is 1. The molecular weight excluding hydrogens is 404 g/mol. The highest BCUT2D eigenvalue weighted by Crippen LogP contribution is 2.27. The number of aryl methyl sites for hydroxylation is 1. The summed E-state index contributed by atoms with van der Waals surface area (Å²) in [4.78, 5) is 10.3. The third kappa shape index (κ3) is 4.45. The van der Waals surface area contributed by atoms with Gasteiger partial charge in [-0.25, -0.2) is 0 Å². The van der Waals surface area contributed by atoms with E-state index in [1.165, 1.54) is 28.8 Å². The van der Waals surface area contributed by atoms with Crippen molar-refractivity contribution >= 4 is 29.1 Å². The molecule has 28 heavy (non-hydrogen) atoms. The van der Waals surface area contributed by atoms with Crippen molar-refractivity contribution in [1.29, 1.82) is 0 Å². The van der Waals surface area contributed by atoms with Crippen LogP contribution in [0.4, 0.5) is 5.69 Å². The average Bonchev–Trinajstić information content (AvgIpc) is 3.29. The first kappa shape index (κ1) is 20.2. The van der Waals surface area contributed by atoms with Crippen LogP contribution in [0.15, 0.2) is 35.7 Å². The lowest BCUT2D eigenvalue weighted by atomic mass is 10.2. The van der Waals surface area contributed by atoms with Crippen LogP contribution in [0.2, 0.25) is 5.02 Å². The highest BCUT2D eigenvalue weighted by Gasteiger charge is 2.19. The van der Waals surface area contributed by atoms with Gasteiger partial charge in [-0.2, -0.15) is 5.10 Å². The van der Waals surface area contributed by atoms with Gasteiger partial charge in [-0.05, 0) is 44.5 Å². The molecule has 11 heteroatoms. The van der Waals surface area contributed by atoms with E-state index in [1.807, 2.05) is 37.5 Å². The molecule has 1 atom stereocenters. The molecule has 0 amide bonds. The molecule has 1 unspecified atom stereocenters. The third-order valence-electron chi connectivity index (χ3n) is 4.02. The number of ether oxygens (including phenoxy) is 1. The van der Waals surface area contributed by atoms with Gasteiger partial charge in [0.15, 0.2) is 17.1 Å². The molecule has 9 nitrogen and oxygen atoms in total. The number of benzene rings is 1. The molecule has 0 saturated heterocycles. The summed E-state index contributed by atoms with van der Waals surface area (Å²) in [5.74, 6) is 1.79. The Kier molecular flexibility index (Phi) is 6.20. The van der Waals surface area contributed by atoms with E-state index >= 15 is 0 Å². The van der Waals surface area contributed by atoms with Crippen molar-refractivity contribution in [3.8, 4) is 5.75 Å². The zero-order valence-corrected chi connectivity index (χ0v) is 17.1. The van der Waals surface area contributed by atoms with Gasteiger partial charge in [-0.1, -0.05) is 23.4 Å². The van der Waals surface area contributed by atoms with Crippen LogP contribution in [0, 0.1) is 17.0 Å². The molecule has 2 heterocycles. The minimum absolute atomic E-state index is 0.0430. The number of nitrogens with zero attached hydrogens (tertiary/aromatic N) is 6. The van der Waals surface area contributed by atoms with Crippen LogP contribution in [-0.4, -0.2) is 29.5 Å². The van der Waals surface area contributed by atoms with Crippen LogP contribution >= 0.6 is 23.4 Å². The monoisotopic (exact) mass is 422 g/mol. The van der Waals surface area contributed by atoms with Crippen molar-refractivity contribution < 1.29 is 9.66 Å². The lowest BCUT2D eigenvalue weighted by Crippen LogP contribution is -2.12. The van der Waals surface area contributed by atoms with Gasteiger partial charge in [0.2, 0.25) is 0 Å². The van der Waals surface area contributed by atoms with Crippen molar-refractivity contribution in [1.82, 2.24) is 24.5 Å². The second-order valence-electron chi connectivity index (χ2n) is 6.02. The van der Waals surface area contributed by atoms with Crippen molar-refractivity contribution in [2.45, 2.75) is 44.5 Å². The zero-order chi connectivity index (χ0) is 20.3. The quantitative estimate of drug-likeness (QED) is 0.303. The number of thioether (sulfide) groups is 1. The minimum Gasteiger partial charge on any atom is -0.483 e. The minimum atomic E-state index is -0.474. The summed E-state index contributed by atoms with van der Waals surface area (Å²) in [6, 6.07) is 5.50. The SMILES string of the molecule is CCn1c(SCn2cc([N+](=O)[O-])cn2)nnc1C(C)Oc1ccc(Cl)c(C)c1. The van der Waals surface area contributed by atoms with Gasteiger partial charge in [-0.3, -0.25) is 14.8 Å². The maximum absolute atomic E-state index is 10.8. The van der Waals surface area contributed by atoms with E-state index in [2.05, 4.69) is 15.3 Å². The molecule has 0 N–H and O–H groups in total. The molecule has 0 aliphatic rings. The fraction of sp³-hybridized carbons (Fsp3) is 0.353. The average molecular weight is 423 g/mol. The zero-order valence-electron chi connectivity index (χ0n) is 15.6. The first-order valence-corrected chi connectivity index (χ1v) is 9.91. The first-order chi connectivity index (χ1) is 13.4. The number of rotatable bonds is 8. The van der Waals surface area contributed by atoms with E-state index in [4.69, 9.17) is 16.3 Å². The Hall–Kier alpha value is -2.59. The Morgan fingerprint density at radius 1 is 1.39 bits per heavy atom. The maximum Gasteiger partial charge on any atom is 0.307 e. The van der Waals surface area contributed by atoms with Gasteiger partial charge in [0.1, 0.15) is 18.1 Å². The molecule has 0 fully saturated rings. The van der Waals surface area contributed by atoms with E-state index in [1.54, 1.807) is 6.07 Å². The van der Waals surface area contributed by atoms with Crippen LogP contribution in [0.25, 0.3) is 0 Å². The Labute approximate surface area is 170 Å². The number of hydrogen-bond acceptors (Lipinski definition) is 7. The molecule has 1 aromatic carbocycles. The Morgan fingerprint density at radius 2 is 2.18 bits per heavy atom. The first-order valence-electron chi connectivity index (χ1n) is 8.54. The summed E-state index contributed by atoms with van der Waals surface area (Å²) in [5, 5.41) is 24.6. The van der Waals surface area contributed by atoms with Gasteiger partial charge >= 0.3 is 5.69 Å². The third-order valence-corrected chi connectivity index (χ3v) is 5.40. The predicted molar refractivity (Wildman–Crippen MR) is 106 cm³/mol. The second-order valence-corrected chi connectivity index (χ2v) is 7.34. The van der Waals surface area contributed by atoms with Crippen LogP contribution in [-0.2, 0) is 12.4 Å². The summed E-state index contributed by atoms with van der Waals surface area (Å²) >= 11 is 7.45. The van der Waals surface area contributed by atoms with Crippen LogP contribution in [0.5, 0.6) is 5.75 Å². The summed E-state index contributed by atoms with van der Waals surface area (Å²) in [5.41, 5.74) is 0.895. The van der Waals surface area contributed by atoms with Gasteiger partial charge in [0, 0.05) is 11.6 Å². The summed E-state index contributed by atoms with van der Waals surface area (Å²) in [7, 11) is 0. The van der Waals surface area contributed by atoms with E-state index in [9.17, 15) is 10.1 Å². The molecule has 0 aliphatic heterocycles. The Balaban J connectivity index is 1.71. The molecule has 0 spiro atoms. The van der Waals surface area contributed by atoms with E-state index in [0.717, 1.165) is 5.56 Å². The van der Waals surface area contributed by atoms with Gasteiger partial charge in [0.25, 0.3) is 0 Å².